The average Bonchev–Trinajstić information content (AvgIpc) is 3.14. The molecule has 4 aliphatic carbocycles. The molecule has 0 radical (unpaired) electrons. The zero-order valence-corrected chi connectivity index (χ0v) is 19.6. The van der Waals surface area contributed by atoms with Gasteiger partial charge >= 0.3 is 0 Å². The Labute approximate surface area is 194 Å². The summed E-state index contributed by atoms with van der Waals surface area (Å²) in [6.45, 7) is 0. The average molecular weight is 490 g/mol. The van der Waals surface area contributed by atoms with Gasteiger partial charge in [0, 0.05) is 28.4 Å². The van der Waals surface area contributed by atoms with Gasteiger partial charge in [-0.05, 0) is 74.0 Å². The van der Waals surface area contributed by atoms with E-state index >= 15 is 0 Å². The molecule has 4 saturated carbocycles. The Morgan fingerprint density at radius 3 is 2.47 bits per heavy atom. The minimum Gasteiger partial charge on any atom is -0.344 e. The standard InChI is InChI=1S/C21H20ClN5O3S2/c1-32(29,30)21(7-8-21)18-23-17(31-26-18)16(28)24-20-10-19(11-20,12-20)15-6-9-27(25-15)14-4-2-13(22)3-5-14/h2-6,9H,7-8,10-12H2,1H3,(H,24,28). The lowest BCUT2D eigenvalue weighted by Gasteiger charge is -2.69. The SMILES string of the molecule is CS(=O)(=O)C1(c2nsc(C(=O)NC34CC(c5ccn(-c6ccc(Cl)cc6)n5)(C3)C4)n2)CC1. The minimum absolute atomic E-state index is 0.00556. The molecule has 0 aliphatic heterocycles. The molecule has 0 atom stereocenters. The highest BCUT2D eigenvalue weighted by Gasteiger charge is 2.70. The summed E-state index contributed by atoms with van der Waals surface area (Å²) in [5, 5.41) is 8.77. The molecule has 0 spiro atoms. The van der Waals surface area contributed by atoms with Crippen molar-refractivity contribution in [3.8, 4) is 5.69 Å². The second-order valence-electron chi connectivity index (χ2n) is 9.36. The molecule has 2 aromatic heterocycles. The van der Waals surface area contributed by atoms with E-state index in [-0.39, 0.29) is 27.7 Å². The molecule has 7 rings (SSSR count). The Kier molecular flexibility index (Phi) is 4.06. The highest BCUT2D eigenvalue weighted by atomic mass is 35.5. The number of nitrogens with one attached hydrogen (secondary N) is 1. The molecule has 0 saturated heterocycles. The summed E-state index contributed by atoms with van der Waals surface area (Å²) < 4.78 is 29.2. The first kappa shape index (κ1) is 20.3. The second-order valence-corrected chi connectivity index (χ2v) is 12.9. The van der Waals surface area contributed by atoms with Gasteiger partial charge in [0.15, 0.2) is 15.7 Å². The van der Waals surface area contributed by atoms with Crippen LogP contribution >= 0.6 is 23.1 Å². The molecule has 3 aromatic rings. The highest BCUT2D eigenvalue weighted by molar-refractivity contribution is 7.91. The number of rotatable bonds is 6. The third-order valence-corrected chi connectivity index (χ3v) is 10.1. The number of carbonyl (C=O) groups excluding carboxylic acids is 1. The van der Waals surface area contributed by atoms with Crippen molar-refractivity contribution in [3.05, 3.63) is 58.1 Å². The number of benzene rings is 1. The van der Waals surface area contributed by atoms with Crippen molar-refractivity contribution in [1.29, 1.82) is 0 Å². The molecule has 4 fully saturated rings. The molecule has 2 bridgehead atoms. The van der Waals surface area contributed by atoms with Crippen molar-refractivity contribution in [2.45, 2.75) is 47.8 Å². The first-order valence-corrected chi connectivity index (χ1v) is 13.4. The number of hydrogen-bond acceptors (Lipinski definition) is 7. The summed E-state index contributed by atoms with van der Waals surface area (Å²) >= 11 is 6.93. The maximum Gasteiger partial charge on any atom is 0.282 e. The number of aromatic nitrogens is 4. The maximum atomic E-state index is 12.8. The Bertz CT molecular complexity index is 1340. The van der Waals surface area contributed by atoms with Gasteiger partial charge in [0.05, 0.1) is 11.4 Å². The lowest BCUT2D eigenvalue weighted by molar-refractivity contribution is -0.0836. The van der Waals surface area contributed by atoms with Gasteiger partial charge < -0.3 is 5.32 Å². The molecule has 1 N–H and O–H groups in total. The summed E-state index contributed by atoms with van der Waals surface area (Å²) in [5.74, 6) is -0.0185. The van der Waals surface area contributed by atoms with E-state index in [0.29, 0.717) is 17.9 Å². The molecule has 1 amide bonds. The number of sulfone groups is 1. The van der Waals surface area contributed by atoms with Gasteiger partial charge in [0.25, 0.3) is 5.91 Å². The van der Waals surface area contributed by atoms with E-state index in [1.807, 2.05) is 41.2 Å². The van der Waals surface area contributed by atoms with E-state index in [1.165, 1.54) is 6.26 Å². The molecular formula is C21H20ClN5O3S2. The fourth-order valence-corrected chi connectivity index (χ4v) is 7.31. The van der Waals surface area contributed by atoms with Crippen molar-refractivity contribution in [3.63, 3.8) is 0 Å². The van der Waals surface area contributed by atoms with Crippen molar-refractivity contribution in [1.82, 2.24) is 24.5 Å². The number of hydrogen-bond donors (Lipinski definition) is 1. The van der Waals surface area contributed by atoms with Gasteiger partial charge in [0.1, 0.15) is 4.75 Å². The Morgan fingerprint density at radius 2 is 1.84 bits per heavy atom. The third-order valence-electron chi connectivity index (χ3n) is 7.07. The quantitative estimate of drug-likeness (QED) is 0.570. The maximum absolute atomic E-state index is 12.8. The van der Waals surface area contributed by atoms with Crippen LogP contribution in [-0.4, -0.2) is 45.3 Å². The van der Waals surface area contributed by atoms with Crippen molar-refractivity contribution < 1.29 is 13.2 Å². The van der Waals surface area contributed by atoms with Crippen LogP contribution < -0.4 is 5.32 Å². The fraction of sp³-hybridized carbons (Fsp3) is 0.429. The largest absolute Gasteiger partial charge is 0.344 e. The topological polar surface area (TPSA) is 107 Å². The number of halogens is 1. The van der Waals surface area contributed by atoms with Crippen molar-refractivity contribution in [2.24, 2.45) is 0 Å². The normalized spacial score (nSPS) is 27.3. The van der Waals surface area contributed by atoms with Gasteiger partial charge in [0.2, 0.25) is 5.01 Å². The second kappa shape index (κ2) is 6.39. The smallest absolute Gasteiger partial charge is 0.282 e. The number of amides is 1. The van der Waals surface area contributed by atoms with Crippen LogP contribution in [0.3, 0.4) is 0 Å². The van der Waals surface area contributed by atoms with E-state index in [0.717, 1.165) is 42.2 Å². The van der Waals surface area contributed by atoms with Crippen LogP contribution in [0.4, 0.5) is 0 Å². The molecule has 8 nitrogen and oxygen atoms in total. The van der Waals surface area contributed by atoms with Crippen LogP contribution in [0.2, 0.25) is 5.02 Å². The predicted octanol–water partition coefficient (Wildman–Crippen LogP) is 3.02. The molecule has 166 valence electrons. The van der Waals surface area contributed by atoms with Crippen LogP contribution in [0.1, 0.15) is 53.4 Å². The summed E-state index contributed by atoms with van der Waals surface area (Å²) in [6, 6.07) is 9.56. The summed E-state index contributed by atoms with van der Waals surface area (Å²) in [5.41, 5.74) is 1.75. The Balaban J connectivity index is 1.12. The third kappa shape index (κ3) is 2.89. The van der Waals surface area contributed by atoms with Gasteiger partial charge in [-0.1, -0.05) is 11.6 Å². The Morgan fingerprint density at radius 1 is 1.16 bits per heavy atom. The number of nitrogens with zero attached hydrogens (tertiary/aromatic N) is 4. The van der Waals surface area contributed by atoms with Crippen LogP contribution in [0.15, 0.2) is 36.5 Å². The van der Waals surface area contributed by atoms with Crippen molar-refractivity contribution >= 4 is 38.9 Å². The van der Waals surface area contributed by atoms with E-state index in [9.17, 15) is 13.2 Å². The summed E-state index contributed by atoms with van der Waals surface area (Å²) in [4.78, 5) is 17.0. The first-order chi connectivity index (χ1) is 15.1. The van der Waals surface area contributed by atoms with E-state index in [2.05, 4.69) is 14.7 Å². The predicted molar refractivity (Wildman–Crippen MR) is 120 cm³/mol. The molecular weight excluding hydrogens is 470 g/mol. The lowest BCUT2D eigenvalue weighted by atomic mass is 9.38. The number of carbonyl (C=O) groups is 1. The molecule has 4 aliphatic rings. The van der Waals surface area contributed by atoms with E-state index in [1.54, 1.807) is 0 Å². The molecule has 0 unspecified atom stereocenters. The molecule has 2 heterocycles. The zero-order valence-electron chi connectivity index (χ0n) is 17.2. The van der Waals surface area contributed by atoms with Crippen LogP contribution in [0.25, 0.3) is 5.69 Å². The van der Waals surface area contributed by atoms with Crippen molar-refractivity contribution in [2.75, 3.05) is 6.26 Å². The minimum atomic E-state index is -3.30. The van der Waals surface area contributed by atoms with Crippen LogP contribution in [0, 0.1) is 0 Å². The summed E-state index contributed by atoms with van der Waals surface area (Å²) in [6.07, 6.45) is 6.68. The zero-order chi connectivity index (χ0) is 22.4. The van der Waals surface area contributed by atoms with Gasteiger partial charge in [-0.25, -0.2) is 18.1 Å². The fourth-order valence-electron chi connectivity index (χ4n) is 5.21. The van der Waals surface area contributed by atoms with E-state index in [4.69, 9.17) is 16.7 Å². The lowest BCUT2D eigenvalue weighted by Crippen LogP contribution is -2.76. The summed E-state index contributed by atoms with van der Waals surface area (Å²) in [7, 11) is -3.30. The van der Waals surface area contributed by atoms with E-state index < -0.39 is 14.6 Å². The van der Waals surface area contributed by atoms with Gasteiger partial charge in [-0.2, -0.15) is 9.47 Å². The molecule has 11 heteroatoms. The monoisotopic (exact) mass is 489 g/mol. The van der Waals surface area contributed by atoms with Gasteiger partial charge in [-0.3, -0.25) is 4.79 Å². The molecule has 32 heavy (non-hydrogen) atoms. The molecule has 1 aromatic carbocycles. The van der Waals surface area contributed by atoms with Crippen LogP contribution in [-0.2, 0) is 20.0 Å². The van der Waals surface area contributed by atoms with Gasteiger partial charge in [-0.15, -0.1) is 0 Å². The first-order valence-electron chi connectivity index (χ1n) is 10.3. The van der Waals surface area contributed by atoms with Crippen LogP contribution in [0.5, 0.6) is 0 Å². The highest BCUT2D eigenvalue weighted by Crippen LogP contribution is 2.67. The Hall–Kier alpha value is -2.30.